The monoisotopic (exact) mass is 986 g/mol. The highest BCUT2D eigenvalue weighted by molar-refractivity contribution is 5.92. The molecule has 0 radical (unpaired) electrons. The van der Waals surface area contributed by atoms with E-state index in [4.69, 9.17) is 9.47 Å². The van der Waals surface area contributed by atoms with Crippen LogP contribution < -0.4 is 19.3 Å². The van der Waals surface area contributed by atoms with Crippen LogP contribution in [0.3, 0.4) is 0 Å². The molecule has 0 aromatic heterocycles. The van der Waals surface area contributed by atoms with Crippen molar-refractivity contribution in [2.24, 2.45) is 0 Å². The van der Waals surface area contributed by atoms with Gasteiger partial charge in [0, 0.05) is 56.1 Å². The van der Waals surface area contributed by atoms with Gasteiger partial charge in [-0.2, -0.15) is 0 Å². The van der Waals surface area contributed by atoms with Gasteiger partial charge in [-0.25, -0.2) is 0 Å². The van der Waals surface area contributed by atoms with E-state index in [1.807, 2.05) is 0 Å². The third-order valence-electron chi connectivity index (χ3n) is 15.2. The van der Waals surface area contributed by atoms with E-state index in [-0.39, 0.29) is 0 Å². The molecule has 364 valence electrons. The van der Waals surface area contributed by atoms with Gasteiger partial charge in [0.05, 0.1) is 16.8 Å². The molecule has 0 N–H and O–H groups in total. The lowest BCUT2D eigenvalue weighted by Crippen LogP contribution is -2.37. The van der Waals surface area contributed by atoms with Gasteiger partial charge in [-0.05, 0) is 118 Å². The first-order valence-electron chi connectivity index (χ1n) is 26.2. The molecule has 12 aromatic carbocycles. The normalized spacial score (nSPS) is 12.5. The average Bonchev–Trinajstić information content (AvgIpc) is 3.70. The Morgan fingerprint density at radius 2 is 0.545 bits per heavy atom. The Bertz CT molecular complexity index is 3850. The highest BCUT2D eigenvalue weighted by Gasteiger charge is 2.51. The van der Waals surface area contributed by atoms with E-state index in [9.17, 15) is 0 Å². The van der Waals surface area contributed by atoms with Gasteiger partial charge >= 0.3 is 0 Å². The smallest absolute Gasteiger partial charge is 0.132 e. The molecule has 4 nitrogen and oxygen atoms in total. The number of benzene rings is 12. The largest absolute Gasteiger partial charge is 0.457 e. The molecule has 1 spiro atoms. The lowest BCUT2D eigenvalue weighted by atomic mass is 9.62. The Kier molecular flexibility index (Phi) is 11.4. The summed E-state index contributed by atoms with van der Waals surface area (Å²) in [4.78, 5) is 4.82. The molecule has 0 saturated carbocycles. The molecule has 0 unspecified atom stereocenters. The highest BCUT2D eigenvalue weighted by Crippen LogP contribution is 2.63. The molecule has 4 heteroatoms. The zero-order chi connectivity index (χ0) is 51.1. The van der Waals surface area contributed by atoms with Gasteiger partial charge in [-0.15, -0.1) is 0 Å². The van der Waals surface area contributed by atoms with E-state index < -0.39 is 5.41 Å². The van der Waals surface area contributed by atoms with Crippen LogP contribution in [0.25, 0.3) is 44.5 Å². The van der Waals surface area contributed by atoms with Crippen LogP contribution in [0, 0.1) is 0 Å². The number of nitrogens with zero attached hydrogens (tertiary/aromatic N) is 2. The Labute approximate surface area is 449 Å². The minimum atomic E-state index is -0.923. The van der Waals surface area contributed by atoms with Crippen molar-refractivity contribution in [2.45, 2.75) is 5.41 Å². The second kappa shape index (κ2) is 19.3. The van der Waals surface area contributed by atoms with Crippen LogP contribution in [-0.2, 0) is 5.41 Å². The molecule has 2 aliphatic heterocycles. The third kappa shape index (κ3) is 7.94. The number of hydrogen-bond donors (Lipinski definition) is 0. The van der Waals surface area contributed by atoms with E-state index in [1.54, 1.807) is 0 Å². The van der Waals surface area contributed by atoms with Crippen LogP contribution in [0.2, 0.25) is 0 Å². The highest BCUT2D eigenvalue weighted by atomic mass is 16.5. The third-order valence-corrected chi connectivity index (χ3v) is 15.2. The van der Waals surface area contributed by atoms with Crippen LogP contribution in [-0.4, -0.2) is 0 Å². The van der Waals surface area contributed by atoms with Gasteiger partial charge in [0.15, 0.2) is 0 Å². The van der Waals surface area contributed by atoms with Crippen molar-refractivity contribution < 1.29 is 9.47 Å². The standard InChI is InChI=1S/C73H50N2O2/c1-5-23-51(24-6-1)55-31-21-33-57(47-55)74(67-39-17-13-35-61(67)53-27-9-3-10-28-53)59-43-45-71-65(49-59)73(63-37-15-19-41-69(63)76-70-42-20-16-38-64(70)73)66-50-60(44-46-72(66)77-71)75(58-34-22-32-56(48-58)52-25-7-2-8-26-52)68-40-18-14-36-62(68)54-29-11-4-12-30-54/h1-50H. The van der Waals surface area contributed by atoms with Gasteiger partial charge in [0.1, 0.15) is 23.0 Å². The van der Waals surface area contributed by atoms with E-state index in [0.29, 0.717) is 0 Å². The molecular weight excluding hydrogens is 937 g/mol. The zero-order valence-electron chi connectivity index (χ0n) is 42.1. The summed E-state index contributed by atoms with van der Waals surface area (Å²) in [7, 11) is 0. The van der Waals surface area contributed by atoms with Crippen LogP contribution >= 0.6 is 0 Å². The van der Waals surface area contributed by atoms with Gasteiger partial charge < -0.3 is 19.3 Å². The zero-order valence-corrected chi connectivity index (χ0v) is 42.1. The SMILES string of the molecule is c1ccc(-c2cccc(N(c3ccc4c(c3)C3(c5ccccc5Oc5ccccc53)c3cc(N(c5cccc(-c6ccccc6)c5)c5ccccc5-c5ccccc5)ccc3O4)c3ccccc3-c3ccccc3)c2)cc1. The number of hydrogen-bond acceptors (Lipinski definition) is 4. The lowest BCUT2D eigenvalue weighted by Gasteiger charge is -2.45. The minimum Gasteiger partial charge on any atom is -0.457 e. The Hall–Kier alpha value is -10.2. The molecule has 0 bridgehead atoms. The van der Waals surface area contributed by atoms with E-state index in [2.05, 4.69) is 313 Å². The van der Waals surface area contributed by atoms with Gasteiger partial charge in [0.2, 0.25) is 0 Å². The molecule has 0 saturated heterocycles. The van der Waals surface area contributed by atoms with Crippen molar-refractivity contribution in [1.29, 1.82) is 0 Å². The maximum Gasteiger partial charge on any atom is 0.132 e. The van der Waals surface area contributed by atoms with E-state index in [0.717, 1.165) is 124 Å². The Balaban J connectivity index is 1.04. The minimum absolute atomic E-state index is 0.775. The summed E-state index contributed by atoms with van der Waals surface area (Å²) >= 11 is 0. The second-order valence-electron chi connectivity index (χ2n) is 19.6. The predicted octanol–water partition coefficient (Wildman–Crippen LogP) is 19.9. The van der Waals surface area contributed by atoms with Crippen LogP contribution in [0.5, 0.6) is 23.0 Å². The number of ether oxygens (including phenoxy) is 2. The quantitative estimate of drug-likeness (QED) is 0.136. The van der Waals surface area contributed by atoms with E-state index in [1.165, 1.54) is 0 Å². The maximum absolute atomic E-state index is 7.29. The number of rotatable bonds is 10. The van der Waals surface area contributed by atoms with Crippen molar-refractivity contribution in [2.75, 3.05) is 9.80 Å². The van der Waals surface area contributed by atoms with Gasteiger partial charge in [-0.3, -0.25) is 0 Å². The molecule has 14 rings (SSSR count). The van der Waals surface area contributed by atoms with Crippen LogP contribution in [0.1, 0.15) is 22.3 Å². The summed E-state index contributed by atoms with van der Waals surface area (Å²) in [6, 6.07) is 108. The van der Waals surface area contributed by atoms with Gasteiger partial charge in [0.25, 0.3) is 0 Å². The first kappa shape index (κ1) is 45.5. The van der Waals surface area contributed by atoms with Crippen molar-refractivity contribution in [1.82, 2.24) is 0 Å². The van der Waals surface area contributed by atoms with Crippen molar-refractivity contribution in [3.63, 3.8) is 0 Å². The fourth-order valence-electron chi connectivity index (χ4n) is 11.7. The molecule has 0 amide bonds. The number of anilines is 6. The molecule has 12 aromatic rings. The van der Waals surface area contributed by atoms with E-state index >= 15 is 0 Å². The lowest BCUT2D eigenvalue weighted by molar-refractivity contribution is 0.399. The second-order valence-corrected chi connectivity index (χ2v) is 19.6. The summed E-state index contributed by atoms with van der Waals surface area (Å²) in [5.74, 6) is 3.14. The molecule has 0 fully saturated rings. The summed E-state index contributed by atoms with van der Waals surface area (Å²) in [6.45, 7) is 0. The number of para-hydroxylation sites is 4. The van der Waals surface area contributed by atoms with Gasteiger partial charge in [-0.1, -0.05) is 218 Å². The van der Waals surface area contributed by atoms with Crippen molar-refractivity contribution in [3.05, 3.63) is 326 Å². The summed E-state index contributed by atoms with van der Waals surface area (Å²) in [6.07, 6.45) is 0. The van der Waals surface area contributed by atoms with Crippen LogP contribution in [0.15, 0.2) is 303 Å². The van der Waals surface area contributed by atoms with Crippen LogP contribution in [0.4, 0.5) is 34.1 Å². The van der Waals surface area contributed by atoms with Crippen molar-refractivity contribution in [3.8, 4) is 67.5 Å². The first-order valence-corrected chi connectivity index (χ1v) is 26.2. The molecule has 0 atom stereocenters. The summed E-state index contributed by atoms with van der Waals surface area (Å²) < 4.78 is 14.2. The molecular formula is C73H50N2O2. The topological polar surface area (TPSA) is 24.9 Å². The molecule has 2 aliphatic rings. The summed E-state index contributed by atoms with van der Waals surface area (Å²) in [5.41, 5.74) is 18.3. The Morgan fingerprint density at radius 1 is 0.221 bits per heavy atom. The predicted molar refractivity (Wildman–Crippen MR) is 316 cm³/mol. The first-order chi connectivity index (χ1) is 38.2. The molecule has 2 heterocycles. The number of fused-ring (bicyclic) bond motifs is 8. The maximum atomic E-state index is 7.29. The average molecular weight is 987 g/mol. The molecule has 77 heavy (non-hydrogen) atoms. The van der Waals surface area contributed by atoms with Crippen molar-refractivity contribution >= 4 is 34.1 Å². The fourth-order valence-corrected chi connectivity index (χ4v) is 11.7. The molecule has 0 aliphatic carbocycles. The Morgan fingerprint density at radius 3 is 0.974 bits per heavy atom. The fraction of sp³-hybridized carbons (Fsp3) is 0.0137. The summed E-state index contributed by atoms with van der Waals surface area (Å²) in [5, 5.41) is 0.